The molecular weight excluding hydrogens is 356 g/mol. The summed E-state index contributed by atoms with van der Waals surface area (Å²) in [5.74, 6) is -0.422. The van der Waals surface area contributed by atoms with Crippen molar-refractivity contribution < 1.29 is 14.3 Å². The molecule has 1 aliphatic heterocycles. The zero-order chi connectivity index (χ0) is 20.6. The molecular formula is C21H28N4O3. The third kappa shape index (κ3) is 3.67. The Kier molecular flexibility index (Phi) is 5.56. The summed E-state index contributed by atoms with van der Waals surface area (Å²) < 4.78 is 7.58. The number of carbonyl (C=O) groups excluding carboxylic acids is 2. The number of aromatic nitrogens is 2. The predicted molar refractivity (Wildman–Crippen MR) is 107 cm³/mol. The van der Waals surface area contributed by atoms with E-state index in [1.807, 2.05) is 63.6 Å². The molecule has 1 aromatic carbocycles. The lowest BCUT2D eigenvalue weighted by molar-refractivity contribution is -0.160. The Labute approximate surface area is 165 Å². The van der Waals surface area contributed by atoms with E-state index in [1.165, 1.54) is 0 Å². The van der Waals surface area contributed by atoms with Crippen LogP contribution in [0.1, 0.15) is 48.4 Å². The Hall–Kier alpha value is -2.67. The van der Waals surface area contributed by atoms with E-state index in [9.17, 15) is 9.59 Å². The van der Waals surface area contributed by atoms with Gasteiger partial charge in [-0.25, -0.2) is 0 Å². The van der Waals surface area contributed by atoms with Crippen LogP contribution < -0.4 is 5.32 Å². The molecule has 7 nitrogen and oxygen atoms in total. The molecule has 2 unspecified atom stereocenters. The standard InChI is InChI=1S/C21H28N4O3/c1-12(2)25-15(5)18(14(4)23-25)22-21(27)20-19(24(6)17(26)11-28-20)16-9-7-13(3)8-10-16/h7-10,12,19-20H,11H2,1-6H3,(H,22,27). The van der Waals surface area contributed by atoms with Gasteiger partial charge >= 0.3 is 0 Å². The van der Waals surface area contributed by atoms with Gasteiger partial charge in [0.1, 0.15) is 6.61 Å². The molecule has 1 N–H and O–H groups in total. The maximum atomic E-state index is 13.1. The summed E-state index contributed by atoms with van der Waals surface area (Å²) in [4.78, 5) is 26.9. The second-order valence-electron chi connectivity index (χ2n) is 7.67. The fourth-order valence-electron chi connectivity index (χ4n) is 3.63. The lowest BCUT2D eigenvalue weighted by Gasteiger charge is -2.38. The minimum absolute atomic E-state index is 0.111. The summed E-state index contributed by atoms with van der Waals surface area (Å²) in [6.45, 7) is 9.78. The zero-order valence-corrected chi connectivity index (χ0v) is 17.3. The van der Waals surface area contributed by atoms with E-state index in [0.29, 0.717) is 5.69 Å². The number of aryl methyl sites for hydroxylation is 2. The number of likely N-dealkylation sites (N-methyl/N-ethyl adjacent to an activating group) is 1. The molecule has 0 bridgehead atoms. The van der Waals surface area contributed by atoms with Gasteiger partial charge in [0.05, 0.1) is 23.1 Å². The molecule has 2 heterocycles. The highest BCUT2D eigenvalue weighted by molar-refractivity contribution is 5.97. The molecule has 2 atom stereocenters. The topological polar surface area (TPSA) is 76.5 Å². The molecule has 7 heteroatoms. The summed E-state index contributed by atoms with van der Waals surface area (Å²) in [5.41, 5.74) is 4.33. The lowest BCUT2D eigenvalue weighted by atomic mass is 9.96. The van der Waals surface area contributed by atoms with Crippen LogP contribution in [0.25, 0.3) is 0 Å². The van der Waals surface area contributed by atoms with Crippen LogP contribution in [0.3, 0.4) is 0 Å². The van der Waals surface area contributed by atoms with Crippen molar-refractivity contribution in [1.82, 2.24) is 14.7 Å². The summed E-state index contributed by atoms with van der Waals surface area (Å²) in [6.07, 6.45) is -0.799. The Morgan fingerprint density at radius 1 is 1.21 bits per heavy atom. The van der Waals surface area contributed by atoms with E-state index >= 15 is 0 Å². The average Bonchev–Trinajstić information content (AvgIpc) is 2.93. The molecule has 28 heavy (non-hydrogen) atoms. The van der Waals surface area contributed by atoms with Crippen molar-refractivity contribution in [3.8, 4) is 0 Å². The quantitative estimate of drug-likeness (QED) is 0.879. The fraction of sp³-hybridized carbons (Fsp3) is 0.476. The number of benzene rings is 1. The van der Waals surface area contributed by atoms with E-state index in [2.05, 4.69) is 10.4 Å². The summed E-state index contributed by atoms with van der Waals surface area (Å²) >= 11 is 0. The molecule has 1 saturated heterocycles. The second kappa shape index (κ2) is 7.75. The Morgan fingerprint density at radius 2 is 1.86 bits per heavy atom. The monoisotopic (exact) mass is 384 g/mol. The second-order valence-corrected chi connectivity index (χ2v) is 7.67. The molecule has 3 rings (SSSR count). The molecule has 0 spiro atoms. The van der Waals surface area contributed by atoms with E-state index < -0.39 is 12.1 Å². The highest BCUT2D eigenvalue weighted by Gasteiger charge is 2.40. The Morgan fingerprint density at radius 3 is 2.43 bits per heavy atom. The van der Waals surface area contributed by atoms with Crippen LogP contribution in [0.4, 0.5) is 5.69 Å². The Balaban J connectivity index is 1.91. The highest BCUT2D eigenvalue weighted by atomic mass is 16.5. The average molecular weight is 384 g/mol. The highest BCUT2D eigenvalue weighted by Crippen LogP contribution is 2.31. The molecule has 0 radical (unpaired) electrons. The lowest BCUT2D eigenvalue weighted by Crippen LogP contribution is -2.51. The van der Waals surface area contributed by atoms with Crippen LogP contribution in [0.2, 0.25) is 0 Å². The van der Waals surface area contributed by atoms with Gasteiger partial charge in [0, 0.05) is 13.1 Å². The summed E-state index contributed by atoms with van der Waals surface area (Å²) in [7, 11) is 1.71. The van der Waals surface area contributed by atoms with Crippen molar-refractivity contribution in [2.24, 2.45) is 0 Å². The first-order valence-corrected chi connectivity index (χ1v) is 9.51. The number of amides is 2. The largest absolute Gasteiger partial charge is 0.356 e. The first-order valence-electron chi connectivity index (χ1n) is 9.51. The molecule has 0 aliphatic carbocycles. The number of hydrogen-bond acceptors (Lipinski definition) is 4. The van der Waals surface area contributed by atoms with E-state index in [-0.39, 0.29) is 24.5 Å². The maximum absolute atomic E-state index is 13.1. The van der Waals surface area contributed by atoms with Crippen LogP contribution in [-0.4, -0.2) is 46.3 Å². The smallest absolute Gasteiger partial charge is 0.256 e. The first-order chi connectivity index (χ1) is 13.2. The van der Waals surface area contributed by atoms with Crippen LogP contribution in [-0.2, 0) is 14.3 Å². The molecule has 1 aliphatic rings. The number of nitrogens with one attached hydrogen (secondary N) is 1. The van der Waals surface area contributed by atoms with Crippen LogP contribution >= 0.6 is 0 Å². The number of nitrogens with zero attached hydrogens (tertiary/aromatic N) is 3. The van der Waals surface area contributed by atoms with Crippen molar-refractivity contribution in [1.29, 1.82) is 0 Å². The third-order valence-electron chi connectivity index (χ3n) is 5.22. The minimum Gasteiger partial charge on any atom is -0.356 e. The van der Waals surface area contributed by atoms with Gasteiger partial charge in [-0.3, -0.25) is 14.3 Å². The van der Waals surface area contributed by atoms with Crippen molar-refractivity contribution in [2.45, 2.75) is 52.8 Å². The van der Waals surface area contributed by atoms with Crippen molar-refractivity contribution in [3.63, 3.8) is 0 Å². The number of hydrogen-bond donors (Lipinski definition) is 1. The molecule has 0 saturated carbocycles. The third-order valence-corrected chi connectivity index (χ3v) is 5.22. The number of rotatable bonds is 4. The number of ether oxygens (including phenoxy) is 1. The van der Waals surface area contributed by atoms with Gasteiger partial charge < -0.3 is 15.0 Å². The number of carbonyl (C=O) groups is 2. The predicted octanol–water partition coefficient (Wildman–Crippen LogP) is 2.93. The van der Waals surface area contributed by atoms with Gasteiger partial charge in [0.2, 0.25) is 5.91 Å². The van der Waals surface area contributed by atoms with Crippen LogP contribution in [0, 0.1) is 20.8 Å². The van der Waals surface area contributed by atoms with E-state index in [4.69, 9.17) is 4.74 Å². The van der Waals surface area contributed by atoms with Gasteiger partial charge in [-0.15, -0.1) is 0 Å². The van der Waals surface area contributed by atoms with Crippen molar-refractivity contribution in [3.05, 3.63) is 46.8 Å². The normalized spacial score (nSPS) is 20.0. The number of morpholine rings is 1. The van der Waals surface area contributed by atoms with Gasteiger partial charge in [-0.2, -0.15) is 5.10 Å². The van der Waals surface area contributed by atoms with E-state index in [1.54, 1.807) is 11.9 Å². The summed E-state index contributed by atoms with van der Waals surface area (Å²) in [6, 6.07) is 7.52. The van der Waals surface area contributed by atoms with Crippen LogP contribution in [0.5, 0.6) is 0 Å². The van der Waals surface area contributed by atoms with Gasteiger partial charge in [0.25, 0.3) is 5.91 Å². The number of anilines is 1. The van der Waals surface area contributed by atoms with Gasteiger partial charge in [-0.1, -0.05) is 29.8 Å². The molecule has 1 aromatic heterocycles. The van der Waals surface area contributed by atoms with E-state index in [0.717, 1.165) is 22.5 Å². The van der Waals surface area contributed by atoms with Gasteiger partial charge in [0.15, 0.2) is 6.10 Å². The van der Waals surface area contributed by atoms with Crippen LogP contribution in [0.15, 0.2) is 24.3 Å². The Bertz CT molecular complexity index is 886. The minimum atomic E-state index is -0.799. The van der Waals surface area contributed by atoms with Crippen molar-refractivity contribution >= 4 is 17.5 Å². The first kappa shape index (κ1) is 20.1. The molecule has 2 amide bonds. The molecule has 2 aromatic rings. The zero-order valence-electron chi connectivity index (χ0n) is 17.3. The summed E-state index contributed by atoms with van der Waals surface area (Å²) in [5, 5.41) is 7.50. The maximum Gasteiger partial charge on any atom is 0.256 e. The SMILES string of the molecule is Cc1ccc(C2C(C(=O)Nc3c(C)nn(C(C)C)c3C)OCC(=O)N2C)cc1. The molecule has 150 valence electrons. The van der Waals surface area contributed by atoms with Crippen molar-refractivity contribution in [2.75, 3.05) is 19.0 Å². The fourth-order valence-corrected chi connectivity index (χ4v) is 3.63. The molecule has 1 fully saturated rings. The van der Waals surface area contributed by atoms with Gasteiger partial charge in [-0.05, 0) is 40.2 Å².